The van der Waals surface area contributed by atoms with Gasteiger partial charge in [0.25, 0.3) is 0 Å². The summed E-state index contributed by atoms with van der Waals surface area (Å²) in [7, 11) is 0. The Morgan fingerprint density at radius 2 is 1.09 bits per heavy atom. The van der Waals surface area contributed by atoms with Crippen LogP contribution >= 0.6 is 0 Å². The zero-order valence-corrected chi connectivity index (χ0v) is 50.3. The van der Waals surface area contributed by atoms with Gasteiger partial charge in [0.2, 0.25) is 0 Å². The molecule has 0 saturated heterocycles. The molecule has 12 aromatic rings. The van der Waals surface area contributed by atoms with Crippen molar-refractivity contribution >= 4 is 43.6 Å². The molecule has 0 atom stereocenters. The molecule has 0 radical (unpaired) electrons. The third kappa shape index (κ3) is 9.68. The molecule has 12 rings (SSSR count). The van der Waals surface area contributed by atoms with E-state index in [1.54, 1.807) is 0 Å². The van der Waals surface area contributed by atoms with Gasteiger partial charge in [-0.1, -0.05) is 209 Å². The Morgan fingerprint density at radius 3 is 1.80 bits per heavy atom. The van der Waals surface area contributed by atoms with Gasteiger partial charge in [-0.25, -0.2) is 4.98 Å². The molecule has 6 heteroatoms. The molecule has 0 fully saturated rings. The number of imidazole rings is 1. The van der Waals surface area contributed by atoms with E-state index in [1.807, 2.05) is 12.3 Å². The first kappa shape index (κ1) is 54.1. The summed E-state index contributed by atoms with van der Waals surface area (Å²) in [5.74, 6) is 0.829. The smallest absolute Gasteiger partial charge is 0.148 e. The van der Waals surface area contributed by atoms with Gasteiger partial charge < -0.3 is 9.67 Å². The molecule has 1 N–H and O–H groups in total. The number of nitrogens with zero attached hydrogens (tertiary/aromatic N) is 4. The van der Waals surface area contributed by atoms with E-state index in [1.165, 1.54) is 49.3 Å². The minimum Gasteiger partial charge on any atom is -0.507 e. The quantitative estimate of drug-likeness (QED) is 0.162. The topological polar surface area (TPSA) is 55.9 Å². The second-order valence-electron chi connectivity index (χ2n) is 25.7. The normalized spacial score (nSPS) is 12.4. The molecule has 0 aliphatic carbocycles. The summed E-state index contributed by atoms with van der Waals surface area (Å²) < 4.78 is 4.64. The Morgan fingerprint density at radius 1 is 0.438 bits per heavy atom. The van der Waals surface area contributed by atoms with Gasteiger partial charge in [0.05, 0.1) is 27.6 Å². The van der Waals surface area contributed by atoms with Gasteiger partial charge in [0.1, 0.15) is 11.6 Å². The minimum atomic E-state index is -0.152. The standard InChI is InChI=1S/C74H69N4O.Pt/c1-71(2,3)51-33-35-56-47(40-51)32-36-62(74(10,11)12)67(56)50-31-34-61(66(79)42-50)70-76-68-57(26-20-30-65(68)78(70)55-44-52(72(4,5)6)43-53(45-55)73(7,8)9)46-21-18-22-49(39-46)63-41-48(37-38-75-63)58-27-19-28-60-59-25-16-17-29-64(59)77(69(58)60)54-23-14-13-15-24-54;/h13-38,40-45,79H,1-12H3;/q-1;. The Labute approximate surface area is 486 Å². The van der Waals surface area contributed by atoms with Gasteiger partial charge in [0.15, 0.2) is 0 Å². The van der Waals surface area contributed by atoms with E-state index in [0.717, 1.165) is 72.6 Å². The fourth-order valence-electron chi connectivity index (χ4n) is 11.6. The van der Waals surface area contributed by atoms with Crippen LogP contribution in [0.4, 0.5) is 0 Å². The largest absolute Gasteiger partial charge is 0.507 e. The van der Waals surface area contributed by atoms with Crippen LogP contribution in [0, 0.1) is 6.07 Å². The molecule has 0 bridgehead atoms. The van der Waals surface area contributed by atoms with Crippen molar-refractivity contribution in [1.82, 2.24) is 19.1 Å². The van der Waals surface area contributed by atoms with E-state index >= 15 is 0 Å². The van der Waals surface area contributed by atoms with Crippen LogP contribution < -0.4 is 0 Å². The van der Waals surface area contributed by atoms with E-state index in [2.05, 4.69) is 280 Å². The molecule has 0 aliphatic heterocycles. The molecular formula is C74H69N4OPt-. The summed E-state index contributed by atoms with van der Waals surface area (Å²) in [6.07, 6.45) is 1.91. The van der Waals surface area contributed by atoms with Crippen LogP contribution in [0.3, 0.4) is 0 Å². The summed E-state index contributed by atoms with van der Waals surface area (Å²) in [5.41, 5.74) is 19.2. The number of phenols is 1. The number of pyridine rings is 1. The predicted molar refractivity (Wildman–Crippen MR) is 333 cm³/mol. The van der Waals surface area contributed by atoms with Crippen molar-refractivity contribution in [2.75, 3.05) is 0 Å². The van der Waals surface area contributed by atoms with Gasteiger partial charge in [-0.05, 0) is 126 Å². The van der Waals surface area contributed by atoms with Crippen molar-refractivity contribution in [3.63, 3.8) is 0 Å². The number of fused-ring (bicyclic) bond motifs is 5. The van der Waals surface area contributed by atoms with E-state index in [4.69, 9.17) is 9.97 Å². The average molecular weight is 1230 g/mol. The molecule has 3 aromatic heterocycles. The molecule has 0 saturated carbocycles. The van der Waals surface area contributed by atoms with E-state index < -0.39 is 0 Å². The van der Waals surface area contributed by atoms with Crippen molar-refractivity contribution in [3.8, 4) is 73.2 Å². The SMILES string of the molecule is CC(C)(C)c1cc(-n2c(-c3ccc(-c4c(C(C)(C)C)ccc5cc(C(C)(C)C)ccc45)cc3O)nc3c(-c4[c-]c(-c5cc(-c6cccc7c8ccccc8n(-c8ccccc8)c67)ccn5)ccc4)cccc32)cc(C(C)(C)C)c1.[Pt]. The zero-order chi connectivity index (χ0) is 55.3. The van der Waals surface area contributed by atoms with Crippen LogP contribution in [0.1, 0.15) is 105 Å². The van der Waals surface area contributed by atoms with Crippen LogP contribution in [0.25, 0.3) is 111 Å². The summed E-state index contributed by atoms with van der Waals surface area (Å²) in [6, 6.07) is 71.3. The van der Waals surface area contributed by atoms with Crippen LogP contribution in [0.15, 0.2) is 194 Å². The van der Waals surface area contributed by atoms with Crippen molar-refractivity contribution < 1.29 is 26.2 Å². The number of aromatic hydroxyl groups is 1. The Hall–Kier alpha value is -7.85. The van der Waals surface area contributed by atoms with E-state index in [-0.39, 0.29) is 48.5 Å². The first-order valence-electron chi connectivity index (χ1n) is 27.8. The molecule has 3 heterocycles. The van der Waals surface area contributed by atoms with Crippen molar-refractivity contribution in [3.05, 3.63) is 223 Å². The van der Waals surface area contributed by atoms with E-state index in [9.17, 15) is 5.11 Å². The Balaban J connectivity index is 0.00000675. The van der Waals surface area contributed by atoms with Crippen molar-refractivity contribution in [1.29, 1.82) is 0 Å². The molecule has 0 aliphatic rings. The molecule has 402 valence electrons. The molecule has 80 heavy (non-hydrogen) atoms. The number of aromatic nitrogens is 4. The summed E-state index contributed by atoms with van der Waals surface area (Å²) in [4.78, 5) is 10.6. The van der Waals surface area contributed by atoms with E-state index in [0.29, 0.717) is 11.4 Å². The number of hydrogen-bond acceptors (Lipinski definition) is 3. The average Bonchev–Trinajstić information content (AvgIpc) is 4.22. The van der Waals surface area contributed by atoms with Crippen LogP contribution in [-0.2, 0) is 42.7 Å². The minimum absolute atomic E-state index is 0. The van der Waals surface area contributed by atoms with Gasteiger partial charge >= 0.3 is 0 Å². The maximum atomic E-state index is 12.6. The monoisotopic (exact) mass is 1220 g/mol. The molecule has 9 aromatic carbocycles. The summed E-state index contributed by atoms with van der Waals surface area (Å²) >= 11 is 0. The fourth-order valence-corrected chi connectivity index (χ4v) is 11.6. The van der Waals surface area contributed by atoms with Gasteiger partial charge in [0, 0.05) is 60.7 Å². The zero-order valence-electron chi connectivity index (χ0n) is 48.0. The van der Waals surface area contributed by atoms with Crippen molar-refractivity contribution in [2.45, 2.75) is 105 Å². The third-order valence-corrected chi connectivity index (χ3v) is 16.0. The van der Waals surface area contributed by atoms with Gasteiger partial charge in [-0.15, -0.1) is 29.8 Å². The molecule has 0 spiro atoms. The second kappa shape index (κ2) is 20.0. The maximum Gasteiger partial charge on any atom is 0.148 e. The number of phenolic OH excluding ortho intramolecular Hbond substituents is 1. The molecule has 0 unspecified atom stereocenters. The molecular weight excluding hydrogens is 1160 g/mol. The van der Waals surface area contributed by atoms with Crippen molar-refractivity contribution in [2.24, 2.45) is 0 Å². The Kier molecular flexibility index (Phi) is 13.6. The maximum absolute atomic E-state index is 12.6. The Bertz CT molecular complexity index is 4330. The predicted octanol–water partition coefficient (Wildman–Crippen LogP) is 19.7. The second-order valence-corrected chi connectivity index (χ2v) is 25.7. The third-order valence-electron chi connectivity index (χ3n) is 16.0. The molecule has 5 nitrogen and oxygen atoms in total. The van der Waals surface area contributed by atoms with Gasteiger partial charge in [-0.3, -0.25) is 9.55 Å². The summed E-state index contributed by atoms with van der Waals surface area (Å²) in [6.45, 7) is 27.2. The van der Waals surface area contributed by atoms with Crippen LogP contribution in [-0.4, -0.2) is 24.2 Å². The number of rotatable bonds is 7. The van der Waals surface area contributed by atoms with Crippen LogP contribution in [0.2, 0.25) is 0 Å². The number of hydrogen-bond donors (Lipinski definition) is 1. The number of benzene rings is 9. The van der Waals surface area contributed by atoms with Gasteiger partial charge in [-0.2, -0.15) is 0 Å². The number of para-hydroxylation sites is 4. The first-order valence-corrected chi connectivity index (χ1v) is 27.8. The molecule has 0 amide bonds. The first-order chi connectivity index (χ1) is 37.6. The summed E-state index contributed by atoms with van der Waals surface area (Å²) in [5, 5.41) is 17.4. The van der Waals surface area contributed by atoms with Crippen LogP contribution in [0.5, 0.6) is 5.75 Å². The fraction of sp³-hybridized carbons (Fsp3) is 0.216.